The maximum absolute atomic E-state index is 12.4. The molecule has 2 N–H and O–H groups in total. The minimum absolute atomic E-state index is 0.00973. The molecule has 0 aromatic rings. The number of esters is 4. The number of amides is 2. The van der Waals surface area contributed by atoms with Crippen LogP contribution in [0.4, 0.5) is 0 Å². The highest BCUT2D eigenvalue weighted by Crippen LogP contribution is 2.21. The monoisotopic (exact) mass is 525 g/mol. The first kappa shape index (κ1) is 28.2. The van der Waals surface area contributed by atoms with Gasteiger partial charge in [-0.1, -0.05) is 19.3 Å². The molecule has 14 nitrogen and oxygen atoms in total. The number of fused-ring (bicyclic) bond motifs is 1. The van der Waals surface area contributed by atoms with E-state index in [0.29, 0.717) is 32.1 Å². The second kappa shape index (κ2) is 13.8. The van der Waals surface area contributed by atoms with Crippen LogP contribution in [-0.2, 0) is 52.5 Å². The van der Waals surface area contributed by atoms with E-state index < -0.39 is 36.7 Å². The maximum atomic E-state index is 12.4. The van der Waals surface area contributed by atoms with Gasteiger partial charge in [-0.15, -0.1) is 0 Å². The summed E-state index contributed by atoms with van der Waals surface area (Å²) in [6, 6.07) is -0.714. The lowest BCUT2D eigenvalue weighted by atomic mass is 9.90. The summed E-state index contributed by atoms with van der Waals surface area (Å²) in [6.07, 6.45) is 3.76. The number of ether oxygens (including phenoxy) is 5. The third-order valence-electron chi connectivity index (χ3n) is 5.96. The summed E-state index contributed by atoms with van der Waals surface area (Å²) < 4.78 is 25.0. The summed E-state index contributed by atoms with van der Waals surface area (Å²) in [5, 5.41) is 5.85. The van der Waals surface area contributed by atoms with Gasteiger partial charge in [0.25, 0.3) is 11.8 Å². The van der Waals surface area contributed by atoms with Crippen molar-refractivity contribution in [1.29, 1.82) is 0 Å². The largest absolute Gasteiger partial charge is 0.421 e. The fourth-order valence-corrected chi connectivity index (χ4v) is 4.17. The number of imide groups is 1. The van der Waals surface area contributed by atoms with Crippen molar-refractivity contribution in [3.05, 3.63) is 12.2 Å². The smallest absolute Gasteiger partial charge is 0.411 e. The summed E-state index contributed by atoms with van der Waals surface area (Å²) in [6.45, 7) is -0.127. The third kappa shape index (κ3) is 8.61. The van der Waals surface area contributed by atoms with Gasteiger partial charge in [0.1, 0.15) is 6.61 Å². The molecular weight excluding hydrogens is 494 g/mol. The highest BCUT2D eigenvalue weighted by atomic mass is 16.8. The number of hydrogen-bond donors (Lipinski definition) is 2. The SMILES string of the molecule is COCC(=O)OC1N[C@@H]2CCCC[C@H]2N[C@H](OC(=O)CCCCCN2C(=O)C=CC2=O)OC(=O)C(=O)O1. The number of methoxy groups -OCH3 is 1. The summed E-state index contributed by atoms with van der Waals surface area (Å²) in [4.78, 5) is 72.8. The maximum Gasteiger partial charge on any atom is 0.421 e. The zero-order valence-corrected chi connectivity index (χ0v) is 20.5. The minimum Gasteiger partial charge on any atom is -0.411 e. The van der Waals surface area contributed by atoms with E-state index in [2.05, 4.69) is 10.6 Å². The molecule has 2 heterocycles. The van der Waals surface area contributed by atoms with Crippen LogP contribution in [0, 0.1) is 0 Å². The molecule has 204 valence electrons. The van der Waals surface area contributed by atoms with Crippen LogP contribution in [0.5, 0.6) is 0 Å². The lowest BCUT2D eigenvalue weighted by Crippen LogP contribution is -2.59. The fraction of sp³-hybridized carbons (Fsp3) is 0.652. The topological polar surface area (TPSA) is 176 Å². The van der Waals surface area contributed by atoms with Crippen molar-refractivity contribution in [2.24, 2.45) is 0 Å². The normalized spacial score (nSPS) is 26.2. The number of nitrogens with zero attached hydrogens (tertiary/aromatic N) is 1. The molecule has 3 aliphatic rings. The molecule has 0 spiro atoms. The molecule has 0 aromatic heterocycles. The lowest BCUT2D eigenvalue weighted by Gasteiger charge is -2.37. The van der Waals surface area contributed by atoms with E-state index in [1.54, 1.807) is 0 Å². The van der Waals surface area contributed by atoms with Gasteiger partial charge in [0.2, 0.25) is 0 Å². The van der Waals surface area contributed by atoms with Crippen LogP contribution in [0.25, 0.3) is 0 Å². The fourth-order valence-electron chi connectivity index (χ4n) is 4.17. The van der Waals surface area contributed by atoms with E-state index >= 15 is 0 Å². The molecular formula is C23H31N3O11. The second-order valence-corrected chi connectivity index (χ2v) is 8.69. The van der Waals surface area contributed by atoms with Gasteiger partial charge in [0.15, 0.2) is 0 Å². The van der Waals surface area contributed by atoms with Crippen molar-refractivity contribution >= 4 is 35.7 Å². The highest BCUT2D eigenvalue weighted by molar-refractivity contribution is 6.29. The molecule has 1 saturated heterocycles. The van der Waals surface area contributed by atoms with Gasteiger partial charge in [0.05, 0.1) is 0 Å². The van der Waals surface area contributed by atoms with E-state index in [-0.39, 0.29) is 43.5 Å². The van der Waals surface area contributed by atoms with Crippen LogP contribution in [-0.4, -0.2) is 85.8 Å². The van der Waals surface area contributed by atoms with Crippen molar-refractivity contribution in [2.45, 2.75) is 76.3 Å². The van der Waals surface area contributed by atoms with E-state index in [4.69, 9.17) is 23.7 Å². The van der Waals surface area contributed by atoms with Crippen LogP contribution in [0.3, 0.4) is 0 Å². The van der Waals surface area contributed by atoms with Crippen molar-refractivity contribution in [1.82, 2.24) is 15.5 Å². The Morgan fingerprint density at radius 3 is 1.95 bits per heavy atom. The molecule has 14 heteroatoms. The van der Waals surface area contributed by atoms with Crippen molar-refractivity contribution in [3.8, 4) is 0 Å². The van der Waals surface area contributed by atoms with Gasteiger partial charge in [0, 0.05) is 44.3 Å². The van der Waals surface area contributed by atoms with Gasteiger partial charge in [-0.2, -0.15) is 0 Å². The molecule has 4 atom stereocenters. The Hall–Kier alpha value is -3.36. The van der Waals surface area contributed by atoms with Gasteiger partial charge in [-0.3, -0.25) is 19.3 Å². The number of cyclic esters (lactones) is 2. The number of carbonyl (C=O) groups is 6. The minimum atomic E-state index is -1.53. The molecule has 3 rings (SSSR count). The molecule has 37 heavy (non-hydrogen) atoms. The standard InChI is InChI=1S/C23H31N3O11/c1-33-13-19(30)35-23-25-15-8-5-4-7-14(15)24-22(36-20(31)21(32)37-23)34-18(29)9-3-2-6-12-26-16(27)10-11-17(26)28/h10-11,14-15,22-25H,2-9,12-13H2,1H3/t14-,15-,22-,23?/m1/s1. The Morgan fingerprint density at radius 2 is 1.41 bits per heavy atom. The van der Waals surface area contributed by atoms with Gasteiger partial charge in [-0.25, -0.2) is 25.0 Å². The summed E-state index contributed by atoms with van der Waals surface area (Å²) in [5.74, 6) is -5.08. The third-order valence-corrected chi connectivity index (χ3v) is 5.96. The zero-order chi connectivity index (χ0) is 26.8. The number of rotatable bonds is 10. The quantitative estimate of drug-likeness (QED) is 0.160. The summed E-state index contributed by atoms with van der Waals surface area (Å²) in [7, 11) is 1.30. The van der Waals surface area contributed by atoms with E-state index in [0.717, 1.165) is 17.7 Å². The van der Waals surface area contributed by atoms with Crippen LogP contribution in [0.1, 0.15) is 51.4 Å². The Bertz CT molecular complexity index is 904. The Balaban J connectivity index is 1.52. The summed E-state index contributed by atoms with van der Waals surface area (Å²) in [5.41, 5.74) is 0. The first-order valence-electron chi connectivity index (χ1n) is 12.1. The first-order chi connectivity index (χ1) is 17.8. The Morgan fingerprint density at radius 1 is 0.865 bits per heavy atom. The second-order valence-electron chi connectivity index (χ2n) is 8.69. The van der Waals surface area contributed by atoms with Crippen LogP contribution < -0.4 is 10.6 Å². The Kier molecular flexibility index (Phi) is 10.5. The average Bonchev–Trinajstić information content (AvgIpc) is 3.16. The van der Waals surface area contributed by atoms with E-state index in [1.165, 1.54) is 19.3 Å². The van der Waals surface area contributed by atoms with Crippen molar-refractivity contribution in [3.63, 3.8) is 0 Å². The van der Waals surface area contributed by atoms with Gasteiger partial charge in [-0.05, 0) is 25.7 Å². The van der Waals surface area contributed by atoms with Gasteiger partial charge >= 0.3 is 36.7 Å². The van der Waals surface area contributed by atoms with Crippen molar-refractivity contribution < 1.29 is 52.5 Å². The number of carbonyl (C=O) groups excluding carboxylic acids is 6. The molecule has 2 aliphatic heterocycles. The molecule has 1 saturated carbocycles. The molecule has 1 unspecified atom stereocenters. The molecule has 0 bridgehead atoms. The van der Waals surface area contributed by atoms with E-state index in [9.17, 15) is 28.8 Å². The number of nitrogens with one attached hydrogen (secondary N) is 2. The lowest BCUT2D eigenvalue weighted by molar-refractivity contribution is -0.220. The molecule has 1 aliphatic carbocycles. The molecule has 2 amide bonds. The average molecular weight is 526 g/mol. The predicted molar refractivity (Wildman–Crippen MR) is 120 cm³/mol. The zero-order valence-electron chi connectivity index (χ0n) is 20.5. The number of unbranched alkanes of at least 4 members (excludes halogenated alkanes) is 2. The molecule has 0 aromatic carbocycles. The Labute approximate surface area is 212 Å². The van der Waals surface area contributed by atoms with Crippen LogP contribution >= 0.6 is 0 Å². The first-order valence-corrected chi connectivity index (χ1v) is 12.1. The molecule has 0 radical (unpaired) electrons. The summed E-state index contributed by atoms with van der Waals surface area (Å²) >= 11 is 0. The van der Waals surface area contributed by atoms with Crippen LogP contribution in [0.2, 0.25) is 0 Å². The predicted octanol–water partition coefficient (Wildman–Crippen LogP) is -0.638. The molecule has 2 fully saturated rings. The van der Waals surface area contributed by atoms with E-state index in [1.807, 2.05) is 0 Å². The van der Waals surface area contributed by atoms with Crippen molar-refractivity contribution in [2.75, 3.05) is 20.3 Å². The van der Waals surface area contributed by atoms with Crippen LogP contribution in [0.15, 0.2) is 12.2 Å². The number of hydrogen-bond acceptors (Lipinski definition) is 13. The van der Waals surface area contributed by atoms with Gasteiger partial charge < -0.3 is 23.7 Å². The highest BCUT2D eigenvalue weighted by Gasteiger charge is 2.37.